The molecule has 3 aromatic rings. The number of carbonyl (C=O) groups is 2. The Morgan fingerprint density at radius 3 is 2.68 bits per heavy atom. The van der Waals surface area contributed by atoms with Gasteiger partial charge in [0.05, 0.1) is 25.1 Å². The molecule has 194 valence electrons. The van der Waals surface area contributed by atoms with Gasteiger partial charge in [0.25, 0.3) is 0 Å². The highest BCUT2D eigenvalue weighted by Crippen LogP contribution is 2.34. The van der Waals surface area contributed by atoms with E-state index < -0.39 is 0 Å². The Morgan fingerprint density at radius 1 is 1.11 bits per heavy atom. The van der Waals surface area contributed by atoms with Gasteiger partial charge in [-0.1, -0.05) is 41.9 Å². The number of halogens is 1. The zero-order chi connectivity index (χ0) is 25.6. The van der Waals surface area contributed by atoms with E-state index in [9.17, 15) is 9.59 Å². The molecule has 0 aliphatic carbocycles. The minimum atomic E-state index is -0.216. The number of hydrogen-bond donors (Lipinski definition) is 0. The molecule has 1 aromatic heterocycles. The molecule has 2 aliphatic heterocycles. The second-order valence-corrected chi connectivity index (χ2v) is 10.9. The fourth-order valence-electron chi connectivity index (χ4n) is 5.01. The van der Waals surface area contributed by atoms with Crippen LogP contribution in [-0.2, 0) is 27.2 Å². The lowest BCUT2D eigenvalue weighted by Gasteiger charge is -2.37. The van der Waals surface area contributed by atoms with Gasteiger partial charge in [-0.05, 0) is 66.1 Å². The zero-order valence-corrected chi connectivity index (χ0v) is 22.3. The third kappa shape index (κ3) is 6.53. The molecule has 0 N–H and O–H groups in total. The smallest absolute Gasteiger partial charge is 0.242 e. The van der Waals surface area contributed by atoms with Gasteiger partial charge in [0.2, 0.25) is 11.8 Å². The van der Waals surface area contributed by atoms with Crippen LogP contribution in [-0.4, -0.2) is 60.6 Å². The van der Waals surface area contributed by atoms with Gasteiger partial charge in [-0.2, -0.15) is 0 Å². The van der Waals surface area contributed by atoms with E-state index in [1.54, 1.807) is 28.4 Å². The predicted octanol–water partition coefficient (Wildman–Crippen LogP) is 5.16. The summed E-state index contributed by atoms with van der Waals surface area (Å²) < 4.78 is 11.9. The number of thiophene rings is 1. The van der Waals surface area contributed by atoms with Crippen LogP contribution in [0.2, 0.25) is 5.02 Å². The van der Waals surface area contributed by atoms with E-state index in [4.69, 9.17) is 21.1 Å². The van der Waals surface area contributed by atoms with Crippen LogP contribution in [0.25, 0.3) is 0 Å². The first kappa shape index (κ1) is 25.8. The van der Waals surface area contributed by atoms with Crippen molar-refractivity contribution in [3.8, 4) is 5.75 Å². The largest absolute Gasteiger partial charge is 0.491 e. The van der Waals surface area contributed by atoms with E-state index >= 15 is 0 Å². The van der Waals surface area contributed by atoms with Crippen molar-refractivity contribution in [2.45, 2.75) is 37.8 Å². The van der Waals surface area contributed by atoms with Gasteiger partial charge in [-0.3, -0.25) is 9.59 Å². The number of carbonyl (C=O) groups excluding carboxylic acids is 2. The number of hydrogen-bond acceptors (Lipinski definition) is 5. The number of amides is 2. The van der Waals surface area contributed by atoms with Crippen molar-refractivity contribution in [1.82, 2.24) is 9.80 Å². The maximum absolute atomic E-state index is 13.8. The van der Waals surface area contributed by atoms with E-state index in [0.29, 0.717) is 37.1 Å². The Bertz CT molecular complexity index is 1190. The van der Waals surface area contributed by atoms with Gasteiger partial charge in [0, 0.05) is 29.6 Å². The molecule has 2 aromatic carbocycles. The monoisotopic (exact) mass is 538 g/mol. The van der Waals surface area contributed by atoms with E-state index in [1.165, 1.54) is 4.88 Å². The summed E-state index contributed by atoms with van der Waals surface area (Å²) in [5, 5.41) is 2.72. The van der Waals surface area contributed by atoms with Crippen molar-refractivity contribution >= 4 is 34.8 Å². The van der Waals surface area contributed by atoms with Crippen molar-refractivity contribution in [2.75, 3.05) is 32.8 Å². The van der Waals surface area contributed by atoms with E-state index in [2.05, 4.69) is 11.4 Å². The minimum Gasteiger partial charge on any atom is -0.491 e. The Morgan fingerprint density at radius 2 is 1.92 bits per heavy atom. The van der Waals surface area contributed by atoms with Crippen LogP contribution in [0.3, 0.4) is 0 Å². The number of nitrogens with zero attached hydrogens (tertiary/aromatic N) is 2. The number of rotatable bonds is 9. The first-order chi connectivity index (χ1) is 18.1. The molecule has 0 unspecified atom stereocenters. The molecule has 1 saturated heterocycles. The summed E-state index contributed by atoms with van der Waals surface area (Å²) in [5.74, 6) is 0.579. The summed E-state index contributed by atoms with van der Waals surface area (Å²) in [5.41, 5.74) is 2.06. The molecule has 37 heavy (non-hydrogen) atoms. The van der Waals surface area contributed by atoms with Crippen molar-refractivity contribution in [3.05, 3.63) is 87.1 Å². The van der Waals surface area contributed by atoms with Gasteiger partial charge in [0.15, 0.2) is 0 Å². The highest BCUT2D eigenvalue weighted by Gasteiger charge is 2.34. The second kappa shape index (κ2) is 12.1. The Hall–Kier alpha value is -2.87. The van der Waals surface area contributed by atoms with Crippen LogP contribution < -0.4 is 4.74 Å². The molecule has 1 fully saturated rings. The number of fused-ring (bicyclic) bond motifs is 1. The molecule has 3 heterocycles. The highest BCUT2D eigenvalue weighted by molar-refractivity contribution is 7.10. The Kier molecular flexibility index (Phi) is 8.44. The summed E-state index contributed by atoms with van der Waals surface area (Å²) in [6.45, 7) is 2.10. The molecule has 2 atom stereocenters. The highest BCUT2D eigenvalue weighted by atomic mass is 35.5. The zero-order valence-electron chi connectivity index (χ0n) is 20.7. The van der Waals surface area contributed by atoms with E-state index in [1.807, 2.05) is 47.4 Å². The summed E-state index contributed by atoms with van der Waals surface area (Å²) in [4.78, 5) is 32.0. The van der Waals surface area contributed by atoms with Crippen molar-refractivity contribution in [1.29, 1.82) is 0 Å². The molecule has 5 rings (SSSR count). The Balaban J connectivity index is 1.31. The molecular weight excluding hydrogens is 508 g/mol. The average Bonchev–Trinajstić information content (AvgIpc) is 3.60. The lowest BCUT2D eigenvalue weighted by molar-refractivity contribution is -0.143. The van der Waals surface area contributed by atoms with Crippen LogP contribution in [0.15, 0.2) is 66.0 Å². The van der Waals surface area contributed by atoms with Crippen molar-refractivity contribution in [3.63, 3.8) is 0 Å². The Labute approximate surface area is 226 Å². The van der Waals surface area contributed by atoms with Gasteiger partial charge in [-0.25, -0.2) is 0 Å². The van der Waals surface area contributed by atoms with Crippen LogP contribution in [0.4, 0.5) is 0 Å². The third-order valence-corrected chi connectivity index (χ3v) is 8.21. The fourth-order valence-corrected chi connectivity index (χ4v) is 6.06. The van der Waals surface area contributed by atoms with Crippen molar-refractivity contribution < 1.29 is 19.1 Å². The molecule has 0 spiro atoms. The van der Waals surface area contributed by atoms with E-state index in [-0.39, 0.29) is 36.9 Å². The van der Waals surface area contributed by atoms with Gasteiger partial charge < -0.3 is 19.3 Å². The van der Waals surface area contributed by atoms with Crippen LogP contribution in [0.1, 0.15) is 34.9 Å². The van der Waals surface area contributed by atoms with Crippen LogP contribution in [0, 0.1) is 0 Å². The normalized spacial score (nSPS) is 18.9. The number of benzene rings is 2. The maximum Gasteiger partial charge on any atom is 0.242 e. The molecule has 2 amide bonds. The molecule has 0 radical (unpaired) electrons. The molecular formula is C29H31ClN2O4S. The maximum atomic E-state index is 13.8. The topological polar surface area (TPSA) is 59.1 Å². The fraction of sp³-hybridized carbons (Fsp3) is 0.379. The van der Waals surface area contributed by atoms with Crippen LogP contribution >= 0.6 is 22.9 Å². The van der Waals surface area contributed by atoms with Gasteiger partial charge >= 0.3 is 0 Å². The standard InChI is InChI=1S/C29H31ClN2O4S/c30-22-8-10-23(11-9-22)36-20-26-25-13-16-37-27(25)12-14-32(26)29(34)19-31(18-24-7-4-15-35-24)28(33)17-21-5-2-1-3-6-21/h1-3,5-6,8-11,13,16,24,26H,4,7,12,14-15,17-20H2/t24-,26-/m1/s1. The molecule has 2 aliphatic rings. The van der Waals surface area contributed by atoms with Gasteiger partial charge in [0.1, 0.15) is 12.4 Å². The quantitative estimate of drug-likeness (QED) is 0.378. The lowest BCUT2D eigenvalue weighted by atomic mass is 10.00. The average molecular weight is 539 g/mol. The summed E-state index contributed by atoms with van der Waals surface area (Å²) in [6.07, 6.45) is 2.93. The lowest BCUT2D eigenvalue weighted by Crippen LogP contribution is -2.49. The molecule has 0 bridgehead atoms. The number of ether oxygens (including phenoxy) is 2. The minimum absolute atomic E-state index is 0.0265. The first-order valence-electron chi connectivity index (χ1n) is 12.7. The first-order valence-corrected chi connectivity index (χ1v) is 14.0. The third-order valence-electron chi connectivity index (χ3n) is 6.96. The van der Waals surface area contributed by atoms with Crippen LogP contribution in [0.5, 0.6) is 5.75 Å². The SMILES string of the molecule is O=C(Cc1ccccc1)N(CC(=O)N1CCc2sccc2[C@H]1COc1ccc(Cl)cc1)C[C@H]1CCCO1. The van der Waals surface area contributed by atoms with Crippen molar-refractivity contribution in [2.24, 2.45) is 0 Å². The second-order valence-electron chi connectivity index (χ2n) is 9.49. The summed E-state index contributed by atoms with van der Waals surface area (Å²) in [7, 11) is 0. The summed E-state index contributed by atoms with van der Waals surface area (Å²) >= 11 is 7.73. The van der Waals surface area contributed by atoms with Gasteiger partial charge in [-0.15, -0.1) is 11.3 Å². The van der Waals surface area contributed by atoms with E-state index in [0.717, 1.165) is 30.4 Å². The molecule has 8 heteroatoms. The molecule has 0 saturated carbocycles. The molecule has 6 nitrogen and oxygen atoms in total. The summed E-state index contributed by atoms with van der Waals surface area (Å²) in [6, 6.07) is 18.8. The predicted molar refractivity (Wildman–Crippen MR) is 145 cm³/mol.